The first-order valence-corrected chi connectivity index (χ1v) is 10.8. The Bertz CT molecular complexity index is 839. The molecule has 0 saturated carbocycles. The molecule has 3 rings (SSSR count). The Labute approximate surface area is 178 Å². The molecule has 1 fully saturated rings. The quantitative estimate of drug-likeness (QED) is 0.406. The molecule has 0 spiro atoms. The van der Waals surface area contributed by atoms with Crippen molar-refractivity contribution in [3.8, 4) is 16.9 Å². The van der Waals surface area contributed by atoms with E-state index in [-0.39, 0.29) is 0 Å². The molecule has 0 unspecified atom stereocenters. The monoisotopic (exact) mass is 409 g/mol. The Balaban J connectivity index is 1.68. The molecule has 1 saturated heterocycles. The van der Waals surface area contributed by atoms with Gasteiger partial charge in [-0.25, -0.2) is 4.79 Å². The van der Waals surface area contributed by atoms with Gasteiger partial charge in [-0.1, -0.05) is 31.5 Å². The lowest BCUT2D eigenvalue weighted by Gasteiger charge is -2.21. The molecule has 5 heteroatoms. The second-order valence-electron chi connectivity index (χ2n) is 7.48. The minimum Gasteiger partial charge on any atom is -0.491 e. The summed E-state index contributed by atoms with van der Waals surface area (Å²) >= 11 is 0. The zero-order chi connectivity index (χ0) is 21.2. The summed E-state index contributed by atoms with van der Waals surface area (Å²) in [5, 5.41) is 9.06. The maximum Gasteiger partial charge on any atom is 0.328 e. The zero-order valence-electron chi connectivity index (χ0n) is 17.7. The summed E-state index contributed by atoms with van der Waals surface area (Å²) in [5.41, 5.74) is 4.15. The summed E-state index contributed by atoms with van der Waals surface area (Å²) < 4.78 is 11.3. The third-order valence-corrected chi connectivity index (χ3v) is 5.21. The molecule has 0 radical (unpaired) electrons. The number of carboxylic acids is 1. The molecular weight excluding hydrogens is 378 g/mol. The van der Waals surface area contributed by atoms with Gasteiger partial charge in [0.25, 0.3) is 0 Å². The number of carboxylic acid groups (broad SMARTS) is 1. The van der Waals surface area contributed by atoms with Crippen molar-refractivity contribution < 1.29 is 19.4 Å². The fourth-order valence-corrected chi connectivity index (χ4v) is 3.59. The van der Waals surface area contributed by atoms with Crippen LogP contribution >= 0.6 is 0 Å². The van der Waals surface area contributed by atoms with Gasteiger partial charge in [-0.3, -0.25) is 0 Å². The molecule has 1 N–H and O–H groups in total. The average Bonchev–Trinajstić information content (AvgIpc) is 3.29. The standard InChI is InChI=1S/C25H31NO4/c1-2-3-16-29-17-18-30-23-10-6-20(7-11-23)21-8-12-24(26-14-4-5-15-26)22(19-21)9-13-25(27)28/h6-13,19H,2-5,14-18H2,1H3,(H,27,28)/b13-9+. The zero-order valence-corrected chi connectivity index (χ0v) is 17.7. The fraction of sp³-hybridized carbons (Fsp3) is 0.400. The number of nitrogens with zero attached hydrogens (tertiary/aromatic N) is 1. The first kappa shape index (κ1) is 21.9. The molecule has 160 valence electrons. The molecule has 1 aliphatic heterocycles. The highest BCUT2D eigenvalue weighted by Gasteiger charge is 2.15. The van der Waals surface area contributed by atoms with E-state index in [1.807, 2.05) is 24.3 Å². The van der Waals surface area contributed by atoms with Crippen LogP contribution in [-0.4, -0.2) is 44.0 Å². The number of ether oxygens (including phenoxy) is 2. The lowest BCUT2D eigenvalue weighted by Crippen LogP contribution is -2.18. The highest BCUT2D eigenvalue weighted by Crippen LogP contribution is 2.31. The van der Waals surface area contributed by atoms with Crippen molar-refractivity contribution in [3.63, 3.8) is 0 Å². The number of rotatable bonds is 11. The number of carbonyl (C=O) groups is 1. The van der Waals surface area contributed by atoms with Gasteiger partial charge in [-0.05, 0) is 66.3 Å². The molecule has 1 heterocycles. The Hall–Kier alpha value is -2.79. The molecule has 1 aliphatic rings. The summed E-state index contributed by atoms with van der Waals surface area (Å²) in [4.78, 5) is 13.4. The van der Waals surface area contributed by atoms with Crippen LogP contribution in [0.1, 0.15) is 38.2 Å². The molecule has 2 aromatic carbocycles. The smallest absolute Gasteiger partial charge is 0.328 e. The normalized spacial score (nSPS) is 13.8. The van der Waals surface area contributed by atoms with Crippen LogP contribution in [0.25, 0.3) is 17.2 Å². The first-order chi connectivity index (χ1) is 14.7. The number of anilines is 1. The van der Waals surface area contributed by atoms with Crippen molar-refractivity contribution in [1.82, 2.24) is 0 Å². The Morgan fingerprint density at radius 3 is 2.47 bits per heavy atom. The van der Waals surface area contributed by atoms with E-state index in [0.29, 0.717) is 13.2 Å². The van der Waals surface area contributed by atoms with Gasteiger partial charge in [-0.15, -0.1) is 0 Å². The van der Waals surface area contributed by atoms with Crippen LogP contribution in [0.4, 0.5) is 5.69 Å². The first-order valence-electron chi connectivity index (χ1n) is 10.8. The molecule has 2 aromatic rings. The largest absolute Gasteiger partial charge is 0.491 e. The fourth-order valence-electron chi connectivity index (χ4n) is 3.59. The Morgan fingerprint density at radius 2 is 1.77 bits per heavy atom. The van der Waals surface area contributed by atoms with E-state index in [1.165, 1.54) is 18.9 Å². The number of aliphatic carboxylic acids is 1. The van der Waals surface area contributed by atoms with Gasteiger partial charge in [-0.2, -0.15) is 0 Å². The highest BCUT2D eigenvalue weighted by molar-refractivity contribution is 5.88. The third-order valence-electron chi connectivity index (χ3n) is 5.21. The summed E-state index contributed by atoms with van der Waals surface area (Å²) in [6.45, 7) is 6.09. The molecule has 0 amide bonds. The molecular formula is C25H31NO4. The molecule has 30 heavy (non-hydrogen) atoms. The van der Waals surface area contributed by atoms with Crippen molar-refractivity contribution in [3.05, 3.63) is 54.1 Å². The number of benzene rings is 2. The van der Waals surface area contributed by atoms with Gasteiger partial charge in [0, 0.05) is 31.5 Å². The topological polar surface area (TPSA) is 59.0 Å². The van der Waals surface area contributed by atoms with Crippen LogP contribution in [-0.2, 0) is 9.53 Å². The average molecular weight is 410 g/mol. The SMILES string of the molecule is CCCCOCCOc1ccc(-c2ccc(N3CCCC3)c(/C=C/C(=O)O)c2)cc1. The van der Waals surface area contributed by atoms with Gasteiger partial charge in [0.05, 0.1) is 6.61 Å². The van der Waals surface area contributed by atoms with Crippen molar-refractivity contribution in [1.29, 1.82) is 0 Å². The van der Waals surface area contributed by atoms with E-state index < -0.39 is 5.97 Å². The van der Waals surface area contributed by atoms with Crippen LogP contribution in [0.2, 0.25) is 0 Å². The Kier molecular flexibility index (Phi) is 8.33. The maximum absolute atomic E-state index is 11.0. The van der Waals surface area contributed by atoms with Gasteiger partial charge in [0.2, 0.25) is 0 Å². The van der Waals surface area contributed by atoms with Gasteiger partial charge in [0.1, 0.15) is 12.4 Å². The predicted molar refractivity (Wildman–Crippen MR) is 121 cm³/mol. The molecule has 0 aromatic heterocycles. The lowest BCUT2D eigenvalue weighted by molar-refractivity contribution is -0.131. The summed E-state index contributed by atoms with van der Waals surface area (Å²) in [5.74, 6) is -0.120. The van der Waals surface area contributed by atoms with E-state index in [4.69, 9.17) is 14.6 Å². The van der Waals surface area contributed by atoms with Gasteiger partial charge >= 0.3 is 5.97 Å². The van der Waals surface area contributed by atoms with E-state index in [2.05, 4.69) is 30.0 Å². The summed E-state index contributed by atoms with van der Waals surface area (Å²) in [6, 6.07) is 14.2. The van der Waals surface area contributed by atoms with Gasteiger partial charge < -0.3 is 19.5 Å². The molecule has 5 nitrogen and oxygen atoms in total. The van der Waals surface area contributed by atoms with E-state index >= 15 is 0 Å². The number of unbranched alkanes of at least 4 members (excludes halogenated alkanes) is 1. The molecule has 0 atom stereocenters. The van der Waals surface area contributed by atoms with Crippen LogP contribution < -0.4 is 9.64 Å². The second-order valence-corrected chi connectivity index (χ2v) is 7.48. The number of hydrogen-bond acceptors (Lipinski definition) is 4. The second kappa shape index (κ2) is 11.4. The predicted octanol–water partition coefficient (Wildman–Crippen LogP) is 5.25. The van der Waals surface area contributed by atoms with Crippen molar-refractivity contribution >= 4 is 17.7 Å². The molecule has 0 aliphatic carbocycles. The van der Waals surface area contributed by atoms with Crippen LogP contribution in [0, 0.1) is 0 Å². The summed E-state index contributed by atoms with van der Waals surface area (Å²) in [7, 11) is 0. The van der Waals surface area contributed by atoms with Crippen molar-refractivity contribution in [2.24, 2.45) is 0 Å². The Morgan fingerprint density at radius 1 is 1.03 bits per heavy atom. The maximum atomic E-state index is 11.0. The minimum absolute atomic E-state index is 0.539. The summed E-state index contributed by atoms with van der Waals surface area (Å²) in [6.07, 6.45) is 7.46. The highest BCUT2D eigenvalue weighted by atomic mass is 16.5. The van der Waals surface area contributed by atoms with Crippen LogP contribution in [0.3, 0.4) is 0 Å². The van der Waals surface area contributed by atoms with Crippen molar-refractivity contribution in [2.75, 3.05) is 37.8 Å². The molecule has 0 bridgehead atoms. The van der Waals surface area contributed by atoms with Crippen molar-refractivity contribution in [2.45, 2.75) is 32.6 Å². The lowest BCUT2D eigenvalue weighted by atomic mass is 10.0. The minimum atomic E-state index is -0.937. The van der Waals surface area contributed by atoms with E-state index in [0.717, 1.165) is 60.7 Å². The van der Waals surface area contributed by atoms with E-state index in [1.54, 1.807) is 6.08 Å². The van der Waals surface area contributed by atoms with Crippen LogP contribution in [0.5, 0.6) is 5.75 Å². The van der Waals surface area contributed by atoms with E-state index in [9.17, 15) is 4.79 Å². The third kappa shape index (κ3) is 6.36. The van der Waals surface area contributed by atoms with Gasteiger partial charge in [0.15, 0.2) is 0 Å². The van der Waals surface area contributed by atoms with Crippen LogP contribution in [0.15, 0.2) is 48.5 Å². The number of hydrogen-bond donors (Lipinski definition) is 1.